The third-order valence-electron chi connectivity index (χ3n) is 3.49. The molecule has 1 fully saturated rings. The molecule has 2 heterocycles. The van der Waals surface area contributed by atoms with E-state index in [-0.39, 0.29) is 12.0 Å². The van der Waals surface area contributed by atoms with Gasteiger partial charge in [-0.05, 0) is 12.1 Å². The van der Waals surface area contributed by atoms with Gasteiger partial charge in [-0.3, -0.25) is 0 Å². The highest BCUT2D eigenvalue weighted by molar-refractivity contribution is 5.79. The van der Waals surface area contributed by atoms with Crippen molar-refractivity contribution in [2.24, 2.45) is 0 Å². The quantitative estimate of drug-likeness (QED) is 0.729. The lowest BCUT2D eigenvalue weighted by atomic mass is 10.0. The number of benzene rings is 1. The minimum absolute atomic E-state index is 0.00102. The Hall–Kier alpha value is -1.75. The average molecular weight is 248 g/mol. The molecule has 0 spiro atoms. The van der Waals surface area contributed by atoms with Gasteiger partial charge in [0, 0.05) is 19.6 Å². The largest absolute Gasteiger partial charge is 0.474 e. The zero-order chi connectivity index (χ0) is 12.5. The van der Waals surface area contributed by atoms with Crippen LogP contribution < -0.4 is 15.0 Å². The predicted octanol–water partition coefficient (Wildman–Crippen LogP) is 0.399. The Morgan fingerprint density at radius 2 is 2.33 bits per heavy atom. The van der Waals surface area contributed by atoms with Gasteiger partial charge in [-0.25, -0.2) is 4.79 Å². The fraction of sp³-hybridized carbons (Fsp3) is 0.462. The van der Waals surface area contributed by atoms with Gasteiger partial charge in [-0.1, -0.05) is 12.1 Å². The van der Waals surface area contributed by atoms with Crippen LogP contribution in [0.1, 0.15) is 0 Å². The molecule has 5 heteroatoms. The van der Waals surface area contributed by atoms with Gasteiger partial charge in [-0.2, -0.15) is 0 Å². The number of carbonyl (C=O) groups excluding carboxylic acids is 1. The molecule has 0 bridgehead atoms. The number of ether oxygens (including phenoxy) is 2. The van der Waals surface area contributed by atoms with Gasteiger partial charge in [0.05, 0.1) is 18.8 Å². The molecule has 2 unspecified atom stereocenters. The van der Waals surface area contributed by atoms with E-state index in [0.29, 0.717) is 0 Å². The summed E-state index contributed by atoms with van der Waals surface area (Å²) in [5.41, 5.74) is 1.06. The second kappa shape index (κ2) is 4.49. The maximum atomic E-state index is 11.8. The maximum Gasteiger partial charge on any atom is 0.349 e. The number of piperazine rings is 1. The summed E-state index contributed by atoms with van der Waals surface area (Å²) < 4.78 is 10.6. The van der Waals surface area contributed by atoms with Crippen LogP contribution >= 0.6 is 0 Å². The van der Waals surface area contributed by atoms with Crippen LogP contribution in [0.2, 0.25) is 0 Å². The topological polar surface area (TPSA) is 50.8 Å². The lowest BCUT2D eigenvalue weighted by Gasteiger charge is -2.45. The zero-order valence-electron chi connectivity index (χ0n) is 10.3. The van der Waals surface area contributed by atoms with Crippen molar-refractivity contribution in [3.63, 3.8) is 0 Å². The molecule has 1 saturated heterocycles. The molecule has 0 radical (unpaired) electrons. The normalized spacial score (nSPS) is 25.7. The molecule has 0 amide bonds. The third kappa shape index (κ3) is 1.71. The lowest BCUT2D eigenvalue weighted by molar-refractivity contribution is -0.150. The van der Waals surface area contributed by atoms with Gasteiger partial charge in [0.15, 0.2) is 0 Å². The van der Waals surface area contributed by atoms with E-state index in [9.17, 15) is 4.79 Å². The van der Waals surface area contributed by atoms with Crippen molar-refractivity contribution >= 4 is 11.7 Å². The Kier molecular flexibility index (Phi) is 2.83. The van der Waals surface area contributed by atoms with Gasteiger partial charge in [0.25, 0.3) is 0 Å². The lowest BCUT2D eigenvalue weighted by Crippen LogP contribution is -2.62. The molecular weight excluding hydrogens is 232 g/mol. The monoisotopic (exact) mass is 248 g/mol. The molecule has 2 atom stereocenters. The molecule has 0 aliphatic carbocycles. The summed E-state index contributed by atoms with van der Waals surface area (Å²) in [6, 6.07) is 7.82. The highest BCUT2D eigenvalue weighted by atomic mass is 16.6. The van der Waals surface area contributed by atoms with E-state index in [2.05, 4.69) is 10.2 Å². The molecule has 2 aliphatic heterocycles. The number of rotatable bonds is 1. The second-order valence-electron chi connectivity index (χ2n) is 4.49. The van der Waals surface area contributed by atoms with Crippen LogP contribution in [0.3, 0.4) is 0 Å². The van der Waals surface area contributed by atoms with Gasteiger partial charge < -0.3 is 19.7 Å². The Bertz CT molecular complexity index is 463. The van der Waals surface area contributed by atoms with Gasteiger partial charge in [-0.15, -0.1) is 0 Å². The number of nitrogens with zero attached hydrogens (tertiary/aromatic N) is 1. The van der Waals surface area contributed by atoms with E-state index < -0.39 is 6.10 Å². The summed E-state index contributed by atoms with van der Waals surface area (Å²) in [6.45, 7) is 2.52. The number of anilines is 1. The molecule has 96 valence electrons. The van der Waals surface area contributed by atoms with Crippen molar-refractivity contribution in [2.75, 3.05) is 31.6 Å². The average Bonchev–Trinajstić information content (AvgIpc) is 2.45. The molecule has 18 heavy (non-hydrogen) atoms. The van der Waals surface area contributed by atoms with Crippen molar-refractivity contribution in [3.8, 4) is 5.75 Å². The van der Waals surface area contributed by atoms with Crippen LogP contribution in [0.4, 0.5) is 5.69 Å². The first-order valence-corrected chi connectivity index (χ1v) is 6.12. The van der Waals surface area contributed by atoms with Crippen molar-refractivity contribution in [3.05, 3.63) is 24.3 Å². The number of hydrogen-bond donors (Lipinski definition) is 1. The van der Waals surface area contributed by atoms with E-state index in [1.165, 1.54) is 7.11 Å². The highest BCUT2D eigenvalue weighted by Gasteiger charge is 2.41. The van der Waals surface area contributed by atoms with E-state index in [1.54, 1.807) is 0 Å². The first kappa shape index (κ1) is 11.3. The Balaban J connectivity index is 1.99. The summed E-state index contributed by atoms with van der Waals surface area (Å²) in [4.78, 5) is 14.1. The summed E-state index contributed by atoms with van der Waals surface area (Å²) in [5.74, 6) is 0.439. The van der Waals surface area contributed by atoms with Crippen molar-refractivity contribution < 1.29 is 14.3 Å². The van der Waals surface area contributed by atoms with Crippen LogP contribution in [0.25, 0.3) is 0 Å². The number of para-hydroxylation sites is 2. The van der Waals surface area contributed by atoms with E-state index in [4.69, 9.17) is 9.47 Å². The Morgan fingerprint density at radius 1 is 1.50 bits per heavy atom. The maximum absolute atomic E-state index is 11.8. The van der Waals surface area contributed by atoms with Gasteiger partial charge in [0.2, 0.25) is 6.10 Å². The standard InChI is InChI=1S/C13H16N2O3/c1-17-13(16)12-10-8-14-6-7-15(10)9-4-2-3-5-11(9)18-12/h2-5,10,12,14H,6-8H2,1H3. The number of nitrogens with one attached hydrogen (secondary N) is 1. The number of esters is 1. The molecule has 5 nitrogen and oxygen atoms in total. The summed E-state index contributed by atoms with van der Waals surface area (Å²) in [6.07, 6.45) is -0.558. The van der Waals surface area contributed by atoms with Crippen molar-refractivity contribution in [1.29, 1.82) is 0 Å². The minimum atomic E-state index is -0.558. The third-order valence-corrected chi connectivity index (χ3v) is 3.49. The van der Waals surface area contributed by atoms with Crippen LogP contribution in [0.15, 0.2) is 24.3 Å². The summed E-state index contributed by atoms with van der Waals surface area (Å²) >= 11 is 0. The van der Waals surface area contributed by atoms with E-state index in [1.807, 2.05) is 24.3 Å². The molecule has 0 saturated carbocycles. The first-order chi connectivity index (χ1) is 8.81. The van der Waals surface area contributed by atoms with E-state index >= 15 is 0 Å². The summed E-state index contributed by atoms with van der Waals surface area (Å²) in [7, 11) is 1.40. The van der Waals surface area contributed by atoms with Crippen LogP contribution in [-0.4, -0.2) is 44.9 Å². The highest BCUT2D eigenvalue weighted by Crippen LogP contribution is 2.36. The fourth-order valence-corrected chi connectivity index (χ4v) is 2.63. The predicted molar refractivity (Wildman–Crippen MR) is 66.9 cm³/mol. The van der Waals surface area contributed by atoms with E-state index in [0.717, 1.165) is 31.1 Å². The number of methoxy groups -OCH3 is 1. The number of hydrogen-bond acceptors (Lipinski definition) is 5. The molecule has 1 N–H and O–H groups in total. The number of carbonyl (C=O) groups is 1. The van der Waals surface area contributed by atoms with Crippen molar-refractivity contribution in [1.82, 2.24) is 5.32 Å². The molecule has 1 aromatic rings. The summed E-state index contributed by atoms with van der Waals surface area (Å²) in [5, 5.41) is 3.29. The van der Waals surface area contributed by atoms with Gasteiger partial charge in [0.1, 0.15) is 5.75 Å². The first-order valence-electron chi connectivity index (χ1n) is 6.12. The molecule has 3 rings (SSSR count). The van der Waals surface area contributed by atoms with Gasteiger partial charge >= 0.3 is 5.97 Å². The SMILES string of the molecule is COC(=O)C1Oc2ccccc2N2CCNCC12. The van der Waals surface area contributed by atoms with Crippen LogP contribution in [-0.2, 0) is 9.53 Å². The second-order valence-corrected chi connectivity index (χ2v) is 4.49. The minimum Gasteiger partial charge on any atom is -0.474 e. The molecular formula is C13H16N2O3. The number of fused-ring (bicyclic) bond motifs is 3. The fourth-order valence-electron chi connectivity index (χ4n) is 2.63. The smallest absolute Gasteiger partial charge is 0.349 e. The Morgan fingerprint density at radius 3 is 3.17 bits per heavy atom. The molecule has 2 aliphatic rings. The zero-order valence-corrected chi connectivity index (χ0v) is 10.3. The van der Waals surface area contributed by atoms with Crippen LogP contribution in [0.5, 0.6) is 5.75 Å². The molecule has 0 aromatic heterocycles. The Labute approximate surface area is 106 Å². The van der Waals surface area contributed by atoms with Crippen molar-refractivity contribution in [2.45, 2.75) is 12.1 Å². The molecule has 1 aromatic carbocycles. The van der Waals surface area contributed by atoms with Crippen LogP contribution in [0, 0.1) is 0 Å².